The van der Waals surface area contributed by atoms with Gasteiger partial charge in [0, 0.05) is 17.5 Å². The van der Waals surface area contributed by atoms with Crippen LogP contribution < -0.4 is 5.32 Å². The van der Waals surface area contributed by atoms with E-state index >= 15 is 0 Å². The number of halogens is 1. The summed E-state index contributed by atoms with van der Waals surface area (Å²) in [6, 6.07) is 2.78. The number of rotatable bonds is 3. The minimum Gasteiger partial charge on any atom is -0.393 e. The molecular formula is C14H20BrNOS. The molecule has 0 bridgehead atoms. The number of hydrogen-bond donors (Lipinski definition) is 2. The van der Waals surface area contributed by atoms with Crippen LogP contribution in [0, 0.1) is 5.92 Å². The quantitative estimate of drug-likeness (QED) is 0.887. The molecule has 0 radical (unpaired) electrons. The van der Waals surface area contributed by atoms with E-state index in [0.717, 1.165) is 13.0 Å². The van der Waals surface area contributed by atoms with Gasteiger partial charge in [-0.3, -0.25) is 0 Å². The minimum atomic E-state index is -0.0743. The van der Waals surface area contributed by atoms with Gasteiger partial charge in [0.1, 0.15) is 0 Å². The predicted molar refractivity (Wildman–Crippen MR) is 79.0 cm³/mol. The number of nitrogens with one attached hydrogen (secondary N) is 1. The molecule has 2 aliphatic rings. The lowest BCUT2D eigenvalue weighted by molar-refractivity contribution is 0.129. The van der Waals surface area contributed by atoms with Crippen LogP contribution in [0.2, 0.25) is 0 Å². The Morgan fingerprint density at radius 3 is 3.00 bits per heavy atom. The molecule has 18 heavy (non-hydrogen) atoms. The predicted octanol–water partition coefficient (Wildman–Crippen LogP) is 3.64. The van der Waals surface area contributed by atoms with Crippen molar-refractivity contribution >= 4 is 27.3 Å². The van der Waals surface area contributed by atoms with Gasteiger partial charge in [-0.15, -0.1) is 11.3 Å². The zero-order chi connectivity index (χ0) is 12.5. The van der Waals surface area contributed by atoms with Crippen LogP contribution in [0.25, 0.3) is 0 Å². The Balaban J connectivity index is 1.63. The number of hydrogen-bond acceptors (Lipinski definition) is 3. The maximum Gasteiger partial charge on any atom is 0.0704 e. The lowest BCUT2D eigenvalue weighted by Gasteiger charge is -2.26. The van der Waals surface area contributed by atoms with E-state index in [9.17, 15) is 5.11 Å². The van der Waals surface area contributed by atoms with Crippen LogP contribution in [0.15, 0.2) is 9.85 Å². The molecule has 3 atom stereocenters. The summed E-state index contributed by atoms with van der Waals surface area (Å²) in [4.78, 5) is 1.54. The molecule has 1 heterocycles. The zero-order valence-corrected chi connectivity index (χ0v) is 12.9. The molecule has 4 heteroatoms. The summed E-state index contributed by atoms with van der Waals surface area (Å²) in [7, 11) is 0. The monoisotopic (exact) mass is 329 g/mol. The summed E-state index contributed by atoms with van der Waals surface area (Å²) in [5.74, 6) is 0.470. The third-order valence-electron chi connectivity index (χ3n) is 4.33. The fourth-order valence-corrected chi connectivity index (χ4v) is 5.10. The van der Waals surface area contributed by atoms with Gasteiger partial charge in [-0.25, -0.2) is 0 Å². The maximum atomic E-state index is 9.87. The smallest absolute Gasteiger partial charge is 0.0704 e. The van der Waals surface area contributed by atoms with Crippen molar-refractivity contribution in [3.63, 3.8) is 0 Å². The molecular weight excluding hydrogens is 310 g/mol. The van der Waals surface area contributed by atoms with Gasteiger partial charge in [-0.1, -0.05) is 6.42 Å². The number of fused-ring (bicyclic) bond motifs is 1. The fourth-order valence-electron chi connectivity index (χ4n) is 3.28. The summed E-state index contributed by atoms with van der Waals surface area (Å²) in [5.41, 5.74) is 1.49. The first-order valence-electron chi connectivity index (χ1n) is 6.93. The van der Waals surface area contributed by atoms with Crippen molar-refractivity contribution in [3.8, 4) is 0 Å². The summed E-state index contributed by atoms with van der Waals surface area (Å²) in [6.45, 7) is 0.971. The summed E-state index contributed by atoms with van der Waals surface area (Å²) in [6.07, 6.45) is 7.04. The topological polar surface area (TPSA) is 32.3 Å². The molecule has 1 fully saturated rings. The average molecular weight is 330 g/mol. The highest BCUT2D eigenvalue weighted by atomic mass is 79.9. The van der Waals surface area contributed by atoms with E-state index in [-0.39, 0.29) is 6.10 Å². The van der Waals surface area contributed by atoms with Crippen molar-refractivity contribution < 1.29 is 5.11 Å². The molecule has 0 aromatic carbocycles. The number of aliphatic hydroxyl groups is 1. The first kappa shape index (κ1) is 13.1. The molecule has 100 valence electrons. The van der Waals surface area contributed by atoms with Gasteiger partial charge in [0.05, 0.1) is 9.89 Å². The second-order valence-corrected chi connectivity index (χ2v) is 8.06. The van der Waals surface area contributed by atoms with Crippen LogP contribution in [0.5, 0.6) is 0 Å². The highest BCUT2D eigenvalue weighted by Crippen LogP contribution is 2.38. The Kier molecular flexibility index (Phi) is 4.09. The minimum absolute atomic E-state index is 0.0743. The van der Waals surface area contributed by atoms with E-state index in [0.29, 0.717) is 12.0 Å². The van der Waals surface area contributed by atoms with Crippen molar-refractivity contribution in [2.75, 3.05) is 6.54 Å². The lowest BCUT2D eigenvalue weighted by Crippen LogP contribution is -2.32. The SMILES string of the molecule is OC1CCCC1CNC1CCCc2sc(Br)cc21. The Hall–Kier alpha value is 0.100. The highest BCUT2D eigenvalue weighted by molar-refractivity contribution is 9.11. The van der Waals surface area contributed by atoms with Crippen LogP contribution >= 0.6 is 27.3 Å². The Bertz CT molecular complexity index is 420. The van der Waals surface area contributed by atoms with Crippen molar-refractivity contribution in [2.45, 2.75) is 50.7 Å². The summed E-state index contributed by atoms with van der Waals surface area (Å²) >= 11 is 5.48. The van der Waals surface area contributed by atoms with Crippen LogP contribution in [-0.4, -0.2) is 17.8 Å². The van der Waals surface area contributed by atoms with Crippen LogP contribution in [0.3, 0.4) is 0 Å². The number of aryl methyl sites for hydroxylation is 1. The van der Waals surface area contributed by atoms with Crippen molar-refractivity contribution in [3.05, 3.63) is 20.3 Å². The second kappa shape index (κ2) is 5.61. The molecule has 0 aliphatic heterocycles. The molecule has 0 saturated heterocycles. The van der Waals surface area contributed by atoms with Gasteiger partial charge >= 0.3 is 0 Å². The lowest BCUT2D eigenvalue weighted by atomic mass is 9.93. The van der Waals surface area contributed by atoms with Crippen LogP contribution in [-0.2, 0) is 6.42 Å². The largest absolute Gasteiger partial charge is 0.393 e. The Morgan fingerprint density at radius 1 is 1.33 bits per heavy atom. The van der Waals surface area contributed by atoms with E-state index in [2.05, 4.69) is 27.3 Å². The van der Waals surface area contributed by atoms with Gasteiger partial charge in [-0.2, -0.15) is 0 Å². The van der Waals surface area contributed by atoms with Gasteiger partial charge in [0.25, 0.3) is 0 Å². The zero-order valence-electron chi connectivity index (χ0n) is 10.5. The highest BCUT2D eigenvalue weighted by Gasteiger charge is 2.27. The number of thiophene rings is 1. The average Bonchev–Trinajstić information content (AvgIpc) is 2.91. The molecule has 2 nitrogen and oxygen atoms in total. The van der Waals surface area contributed by atoms with E-state index < -0.39 is 0 Å². The van der Waals surface area contributed by atoms with Gasteiger partial charge in [0.2, 0.25) is 0 Å². The molecule has 2 N–H and O–H groups in total. The molecule has 2 aliphatic carbocycles. The standard InChI is InChI=1S/C14H20BrNOS/c15-14-7-10-11(4-2-6-13(10)18-14)16-8-9-3-1-5-12(9)17/h7,9,11-12,16-17H,1-6,8H2. The van der Waals surface area contributed by atoms with Crippen molar-refractivity contribution in [2.24, 2.45) is 5.92 Å². The van der Waals surface area contributed by atoms with E-state index in [1.54, 1.807) is 0 Å². The summed E-state index contributed by atoms with van der Waals surface area (Å²) < 4.78 is 1.25. The Labute approximate surface area is 121 Å². The molecule has 1 saturated carbocycles. The summed E-state index contributed by atoms with van der Waals surface area (Å²) in [5, 5.41) is 13.6. The van der Waals surface area contributed by atoms with Gasteiger partial charge in [0.15, 0.2) is 0 Å². The molecule has 0 amide bonds. The van der Waals surface area contributed by atoms with Crippen LogP contribution in [0.4, 0.5) is 0 Å². The molecule has 3 rings (SSSR count). The van der Waals surface area contributed by atoms with E-state index in [1.807, 2.05) is 11.3 Å². The third-order valence-corrected chi connectivity index (χ3v) is 6.04. The normalized spacial score (nSPS) is 31.6. The third kappa shape index (κ3) is 2.67. The van der Waals surface area contributed by atoms with E-state index in [1.165, 1.54) is 46.3 Å². The first-order chi connectivity index (χ1) is 8.74. The van der Waals surface area contributed by atoms with Gasteiger partial charge < -0.3 is 10.4 Å². The van der Waals surface area contributed by atoms with Crippen molar-refractivity contribution in [1.29, 1.82) is 0 Å². The van der Waals surface area contributed by atoms with Gasteiger partial charge in [-0.05, 0) is 65.6 Å². The maximum absolute atomic E-state index is 9.87. The van der Waals surface area contributed by atoms with Crippen molar-refractivity contribution in [1.82, 2.24) is 5.32 Å². The van der Waals surface area contributed by atoms with Crippen LogP contribution in [0.1, 0.15) is 48.6 Å². The van der Waals surface area contributed by atoms with E-state index in [4.69, 9.17) is 0 Å². The second-order valence-electron chi connectivity index (χ2n) is 5.54. The molecule has 1 aromatic rings. The molecule has 0 spiro atoms. The molecule has 3 unspecified atom stereocenters. The first-order valence-corrected chi connectivity index (χ1v) is 8.54. The fraction of sp³-hybridized carbons (Fsp3) is 0.714. The number of aliphatic hydroxyl groups excluding tert-OH is 1. The Morgan fingerprint density at radius 2 is 2.22 bits per heavy atom. The molecule has 1 aromatic heterocycles.